The first-order valence-electron chi connectivity index (χ1n) is 9.49. The number of ether oxygens (including phenoxy) is 2. The molecule has 33 heavy (non-hydrogen) atoms. The smallest absolute Gasteiger partial charge is 0.312 e. The minimum Gasteiger partial charge on any atom is -0.493 e. The number of nitrogens with one attached hydrogen (secondary N) is 1. The Morgan fingerprint density at radius 1 is 1.24 bits per heavy atom. The van der Waals surface area contributed by atoms with Gasteiger partial charge in [-0.15, -0.1) is 0 Å². The van der Waals surface area contributed by atoms with E-state index in [0.717, 1.165) is 0 Å². The summed E-state index contributed by atoms with van der Waals surface area (Å²) in [5.41, 5.74) is 3.91. The molecular weight excluding hydrogens is 473 g/mol. The number of benzene rings is 2. The van der Waals surface area contributed by atoms with Gasteiger partial charge in [-0.05, 0) is 55.8 Å². The summed E-state index contributed by atoms with van der Waals surface area (Å²) < 4.78 is 12.5. The molecule has 172 valence electrons. The highest BCUT2D eigenvalue weighted by Gasteiger charge is 2.22. The molecule has 1 amide bonds. The van der Waals surface area contributed by atoms with Crippen molar-refractivity contribution in [3.8, 4) is 11.5 Å². The zero-order valence-corrected chi connectivity index (χ0v) is 19.3. The van der Waals surface area contributed by atoms with E-state index in [0.29, 0.717) is 33.5 Å². The molecule has 0 radical (unpaired) electrons. The molecule has 0 spiro atoms. The van der Waals surface area contributed by atoms with Gasteiger partial charge in [0.25, 0.3) is 5.91 Å². The number of amides is 1. The number of hydrogen-bond acceptors (Lipinski definition) is 7. The van der Waals surface area contributed by atoms with Crippen molar-refractivity contribution in [3.63, 3.8) is 0 Å². The van der Waals surface area contributed by atoms with Gasteiger partial charge in [0.15, 0.2) is 18.2 Å². The van der Waals surface area contributed by atoms with E-state index in [1.165, 1.54) is 30.1 Å². The Hall–Kier alpha value is -3.63. The van der Waals surface area contributed by atoms with Crippen LogP contribution in [0.3, 0.4) is 0 Å². The van der Waals surface area contributed by atoms with Crippen LogP contribution in [0.1, 0.15) is 27.3 Å². The Bertz CT molecular complexity index is 1240. The monoisotopic (exact) mass is 491 g/mol. The average Bonchev–Trinajstić information content (AvgIpc) is 3.05. The summed E-state index contributed by atoms with van der Waals surface area (Å²) in [4.78, 5) is 22.9. The fraction of sp³-hybridized carbons (Fsp3) is 0.190. The third-order valence-corrected chi connectivity index (χ3v) is 5.16. The molecule has 0 atom stereocenters. The molecule has 0 bridgehead atoms. The number of carbonyl (C=O) groups excluding carboxylic acids is 1. The molecule has 1 N–H and O–H groups in total. The number of nitrogens with zero attached hydrogens (tertiary/aromatic N) is 4. The van der Waals surface area contributed by atoms with E-state index in [9.17, 15) is 14.9 Å². The number of hydrazone groups is 1. The summed E-state index contributed by atoms with van der Waals surface area (Å²) in [6.45, 7) is 3.13. The summed E-state index contributed by atoms with van der Waals surface area (Å²) in [6.07, 6.45) is 1.43. The standard InChI is InChI=1S/C21H19Cl2N5O5/c1-12-20(28(30)31)13(2)27(26-12)11-33-18-7-4-14(8-19(18)32-3)10-24-25-21(29)16-6-5-15(22)9-17(16)23/h4-10H,11H2,1-3H3,(H,25,29)/b24-10-. The molecule has 2 aromatic carbocycles. The number of carbonyl (C=O) groups is 1. The van der Waals surface area contributed by atoms with E-state index in [4.69, 9.17) is 32.7 Å². The molecule has 1 aromatic heterocycles. The van der Waals surface area contributed by atoms with Crippen LogP contribution in [0.2, 0.25) is 10.0 Å². The largest absolute Gasteiger partial charge is 0.493 e. The van der Waals surface area contributed by atoms with Gasteiger partial charge < -0.3 is 9.47 Å². The second kappa shape index (κ2) is 10.3. The van der Waals surface area contributed by atoms with Gasteiger partial charge in [0.05, 0.1) is 28.8 Å². The summed E-state index contributed by atoms with van der Waals surface area (Å²) in [6, 6.07) is 9.53. The van der Waals surface area contributed by atoms with Crippen LogP contribution in [0.5, 0.6) is 11.5 Å². The number of nitro groups is 1. The second-order valence-electron chi connectivity index (χ2n) is 6.78. The molecule has 0 aliphatic rings. The lowest BCUT2D eigenvalue weighted by Crippen LogP contribution is -2.18. The van der Waals surface area contributed by atoms with Gasteiger partial charge in [-0.2, -0.15) is 10.2 Å². The van der Waals surface area contributed by atoms with E-state index < -0.39 is 10.8 Å². The molecule has 3 aromatic rings. The van der Waals surface area contributed by atoms with Gasteiger partial charge in [-0.25, -0.2) is 10.1 Å². The molecule has 3 rings (SSSR count). The summed E-state index contributed by atoms with van der Waals surface area (Å²) in [5.74, 6) is 0.322. The molecule has 0 saturated heterocycles. The third kappa shape index (κ3) is 5.60. The zero-order valence-electron chi connectivity index (χ0n) is 17.8. The minimum absolute atomic E-state index is 0.0395. The lowest BCUT2D eigenvalue weighted by Gasteiger charge is -2.12. The van der Waals surface area contributed by atoms with Crippen molar-refractivity contribution in [1.82, 2.24) is 15.2 Å². The van der Waals surface area contributed by atoms with Crippen molar-refractivity contribution in [2.24, 2.45) is 5.10 Å². The fourth-order valence-corrected chi connectivity index (χ4v) is 3.49. The molecule has 0 fully saturated rings. The first kappa shape index (κ1) is 24.0. The van der Waals surface area contributed by atoms with E-state index in [2.05, 4.69) is 15.6 Å². The van der Waals surface area contributed by atoms with Crippen LogP contribution < -0.4 is 14.9 Å². The van der Waals surface area contributed by atoms with Crippen molar-refractivity contribution in [2.75, 3.05) is 7.11 Å². The van der Waals surface area contributed by atoms with Crippen molar-refractivity contribution >= 4 is 41.0 Å². The maximum atomic E-state index is 12.2. The first-order valence-corrected chi connectivity index (χ1v) is 10.2. The fourth-order valence-electron chi connectivity index (χ4n) is 2.99. The highest BCUT2D eigenvalue weighted by Crippen LogP contribution is 2.29. The summed E-state index contributed by atoms with van der Waals surface area (Å²) in [5, 5.41) is 19.9. The Labute approximate surface area is 198 Å². The topological polar surface area (TPSA) is 121 Å². The Balaban J connectivity index is 1.67. The van der Waals surface area contributed by atoms with E-state index in [1.807, 2.05) is 0 Å². The summed E-state index contributed by atoms with van der Waals surface area (Å²) >= 11 is 11.9. The van der Waals surface area contributed by atoms with Crippen molar-refractivity contribution in [3.05, 3.63) is 79.1 Å². The predicted molar refractivity (Wildman–Crippen MR) is 123 cm³/mol. The Morgan fingerprint density at radius 2 is 2.00 bits per heavy atom. The highest BCUT2D eigenvalue weighted by atomic mass is 35.5. The predicted octanol–water partition coefficient (Wildman–Crippen LogP) is 4.52. The number of aryl methyl sites for hydroxylation is 1. The number of aromatic nitrogens is 2. The zero-order chi connectivity index (χ0) is 24.1. The van der Waals surface area contributed by atoms with Gasteiger partial charge in [0, 0.05) is 5.02 Å². The molecule has 0 aliphatic heterocycles. The quantitative estimate of drug-likeness (QED) is 0.280. The second-order valence-corrected chi connectivity index (χ2v) is 7.63. The Kier molecular flexibility index (Phi) is 7.52. The van der Waals surface area contributed by atoms with E-state index in [1.54, 1.807) is 38.1 Å². The van der Waals surface area contributed by atoms with E-state index in [-0.39, 0.29) is 23.0 Å². The number of hydrogen-bond donors (Lipinski definition) is 1. The van der Waals surface area contributed by atoms with Gasteiger partial charge in [-0.1, -0.05) is 23.2 Å². The number of rotatable bonds is 8. The van der Waals surface area contributed by atoms with Gasteiger partial charge >= 0.3 is 5.69 Å². The van der Waals surface area contributed by atoms with Crippen molar-refractivity contribution < 1.29 is 19.2 Å². The van der Waals surface area contributed by atoms with Crippen LogP contribution in [0, 0.1) is 24.0 Å². The summed E-state index contributed by atoms with van der Waals surface area (Å²) in [7, 11) is 1.47. The van der Waals surface area contributed by atoms with Crippen molar-refractivity contribution in [2.45, 2.75) is 20.6 Å². The van der Waals surface area contributed by atoms with Crippen LogP contribution in [-0.4, -0.2) is 33.9 Å². The van der Waals surface area contributed by atoms with Crippen LogP contribution >= 0.6 is 23.2 Å². The molecule has 0 saturated carbocycles. The van der Waals surface area contributed by atoms with Gasteiger partial charge in [0.1, 0.15) is 11.4 Å². The van der Waals surface area contributed by atoms with Gasteiger partial charge in [0.2, 0.25) is 0 Å². The van der Waals surface area contributed by atoms with Crippen LogP contribution in [0.25, 0.3) is 0 Å². The average molecular weight is 492 g/mol. The number of methoxy groups -OCH3 is 1. The molecule has 0 unspecified atom stereocenters. The van der Waals surface area contributed by atoms with Crippen LogP contribution in [0.4, 0.5) is 5.69 Å². The lowest BCUT2D eigenvalue weighted by atomic mass is 10.2. The van der Waals surface area contributed by atoms with Crippen LogP contribution in [0.15, 0.2) is 41.5 Å². The van der Waals surface area contributed by atoms with Crippen molar-refractivity contribution in [1.29, 1.82) is 0 Å². The minimum atomic E-state index is -0.487. The lowest BCUT2D eigenvalue weighted by molar-refractivity contribution is -0.386. The van der Waals surface area contributed by atoms with Crippen LogP contribution in [-0.2, 0) is 6.73 Å². The third-order valence-electron chi connectivity index (χ3n) is 4.61. The SMILES string of the molecule is COc1cc(/C=N\NC(=O)c2ccc(Cl)cc2Cl)ccc1OCn1nc(C)c([N+](=O)[O-])c1C. The van der Waals surface area contributed by atoms with E-state index >= 15 is 0 Å². The normalized spacial score (nSPS) is 10.9. The highest BCUT2D eigenvalue weighted by molar-refractivity contribution is 6.36. The molecule has 12 heteroatoms. The van der Waals surface area contributed by atoms with Gasteiger partial charge in [-0.3, -0.25) is 14.9 Å². The maximum absolute atomic E-state index is 12.2. The molecular formula is C21H19Cl2N5O5. The molecule has 1 heterocycles. The number of halogens is 2. The first-order chi connectivity index (χ1) is 15.7. The molecule has 0 aliphatic carbocycles. The maximum Gasteiger partial charge on any atom is 0.312 e. The molecule has 10 nitrogen and oxygen atoms in total. The Morgan fingerprint density at radius 3 is 2.64 bits per heavy atom.